The number of hydrogen-bond acceptors (Lipinski definition) is 5. The van der Waals surface area contributed by atoms with Crippen molar-refractivity contribution >= 4 is 12.1 Å². The molecule has 3 rings (SSSR count). The Hall–Kier alpha value is -3.35. The molecule has 0 bridgehead atoms. The van der Waals surface area contributed by atoms with Crippen LogP contribution >= 0.6 is 0 Å². The summed E-state index contributed by atoms with van der Waals surface area (Å²) in [5.74, 6) is 0.165. The number of aromatic nitrogens is 1. The van der Waals surface area contributed by atoms with Crippen LogP contribution in [0.5, 0.6) is 11.5 Å². The number of nitrogens with zero attached hydrogens (tertiary/aromatic N) is 2. The van der Waals surface area contributed by atoms with E-state index in [-0.39, 0.29) is 5.56 Å². The van der Waals surface area contributed by atoms with E-state index in [4.69, 9.17) is 4.74 Å². The molecule has 0 saturated heterocycles. The predicted molar refractivity (Wildman–Crippen MR) is 93.4 cm³/mol. The van der Waals surface area contributed by atoms with Crippen molar-refractivity contribution in [2.24, 2.45) is 5.10 Å². The van der Waals surface area contributed by atoms with Crippen LogP contribution in [0.2, 0.25) is 0 Å². The largest absolute Gasteiger partial charge is 0.599 e. The molecule has 0 aliphatic heterocycles. The van der Waals surface area contributed by atoms with Crippen LogP contribution in [0.15, 0.2) is 84.2 Å². The van der Waals surface area contributed by atoms with Crippen molar-refractivity contribution in [1.29, 1.82) is 0 Å². The first kappa shape index (κ1) is 16.5. The van der Waals surface area contributed by atoms with Crippen molar-refractivity contribution in [2.75, 3.05) is 0 Å². The number of amides is 1. The monoisotopic (exact) mass is 333 g/mol. The van der Waals surface area contributed by atoms with Gasteiger partial charge >= 0.3 is 5.91 Å². The third-order valence-corrected chi connectivity index (χ3v) is 3.33. The maximum Gasteiger partial charge on any atom is 0.374 e. The van der Waals surface area contributed by atoms with Crippen molar-refractivity contribution in [3.63, 3.8) is 0 Å². The maximum atomic E-state index is 12.4. The lowest BCUT2D eigenvalue weighted by molar-refractivity contribution is -0.764. The quantitative estimate of drug-likeness (QED) is 0.574. The van der Waals surface area contributed by atoms with Gasteiger partial charge < -0.3 is 9.94 Å². The van der Waals surface area contributed by atoms with Crippen molar-refractivity contribution in [2.45, 2.75) is 0 Å². The van der Waals surface area contributed by atoms with E-state index < -0.39 is 11.1 Å². The van der Waals surface area contributed by atoms with E-state index in [9.17, 15) is 10.0 Å². The van der Waals surface area contributed by atoms with Gasteiger partial charge in [-0.05, 0) is 36.4 Å². The highest BCUT2D eigenvalue weighted by Crippen LogP contribution is 2.24. The van der Waals surface area contributed by atoms with E-state index in [1.165, 1.54) is 6.21 Å². The minimum absolute atomic E-state index is 0.170. The summed E-state index contributed by atoms with van der Waals surface area (Å²) >= 11 is 0. The molecule has 1 aromatic heterocycles. The van der Waals surface area contributed by atoms with E-state index in [1.807, 2.05) is 18.2 Å². The molecule has 0 spiro atoms. The molecule has 0 aliphatic carbocycles. The summed E-state index contributed by atoms with van der Waals surface area (Å²) in [5, 5.41) is 15.0. The first-order valence-corrected chi connectivity index (χ1v) is 7.59. The molecule has 124 valence electrons. The van der Waals surface area contributed by atoms with Gasteiger partial charge in [0.05, 0.1) is 6.21 Å². The fraction of sp³-hybridized carbons (Fsp3) is 0. The summed E-state index contributed by atoms with van der Waals surface area (Å²) < 4.78 is 5.71. The second kappa shape index (κ2) is 7.96. The van der Waals surface area contributed by atoms with Crippen LogP contribution in [0.25, 0.3) is 0 Å². The number of pyridine rings is 1. The number of para-hydroxylation sites is 2. The number of hydroxylamine groups is 1. The fourth-order valence-electron chi connectivity index (χ4n) is 2.12. The molecule has 2 aromatic carbocycles. The topological polar surface area (TPSA) is 79.0 Å². The van der Waals surface area contributed by atoms with Gasteiger partial charge in [-0.3, -0.25) is 4.98 Å². The van der Waals surface area contributed by atoms with Gasteiger partial charge in [0.15, 0.2) is 0 Å². The molecule has 1 amide bonds. The van der Waals surface area contributed by atoms with Gasteiger partial charge in [-0.15, -0.1) is 0 Å². The van der Waals surface area contributed by atoms with E-state index in [2.05, 4.69) is 10.1 Å². The zero-order valence-corrected chi connectivity index (χ0v) is 13.2. The van der Waals surface area contributed by atoms with Crippen molar-refractivity contribution < 1.29 is 14.7 Å². The van der Waals surface area contributed by atoms with Crippen LogP contribution in [-0.2, 0) is 0 Å². The number of quaternary nitrogens is 1. The minimum atomic E-state index is -0.860. The van der Waals surface area contributed by atoms with Gasteiger partial charge in [-0.2, -0.15) is 5.17 Å². The summed E-state index contributed by atoms with van der Waals surface area (Å²) in [5.41, 5.74) is 0.855. The number of nitrogens with one attached hydrogen (secondary N) is 1. The summed E-state index contributed by atoms with van der Waals surface area (Å²) in [6.45, 7) is 0. The lowest BCUT2D eigenvalue weighted by Gasteiger charge is -2.14. The molecule has 1 unspecified atom stereocenters. The summed E-state index contributed by atoms with van der Waals surface area (Å²) in [7, 11) is 0. The normalized spacial score (nSPS) is 12.0. The van der Waals surface area contributed by atoms with Gasteiger partial charge in [0, 0.05) is 18.0 Å². The van der Waals surface area contributed by atoms with Gasteiger partial charge in [0.25, 0.3) is 0 Å². The van der Waals surface area contributed by atoms with Gasteiger partial charge in [-0.25, -0.2) is 4.79 Å². The summed E-state index contributed by atoms with van der Waals surface area (Å²) in [4.78, 5) is 16.3. The van der Waals surface area contributed by atoms with E-state index >= 15 is 0 Å². The number of benzene rings is 2. The molecule has 0 fully saturated rings. The Morgan fingerprint density at radius 3 is 2.44 bits per heavy atom. The second-order valence-electron chi connectivity index (χ2n) is 5.08. The van der Waals surface area contributed by atoms with Gasteiger partial charge in [0.2, 0.25) is 0 Å². The van der Waals surface area contributed by atoms with Crippen LogP contribution in [0.1, 0.15) is 15.9 Å². The van der Waals surface area contributed by atoms with Crippen LogP contribution in [0, 0.1) is 5.21 Å². The smallest absolute Gasteiger partial charge is 0.374 e. The molecule has 6 nitrogen and oxygen atoms in total. The third kappa shape index (κ3) is 4.35. The number of rotatable bonds is 5. The van der Waals surface area contributed by atoms with E-state index in [1.54, 1.807) is 60.9 Å². The Morgan fingerprint density at radius 1 is 1.00 bits per heavy atom. The van der Waals surface area contributed by atoms with Crippen LogP contribution < -0.4 is 9.91 Å². The first-order valence-electron chi connectivity index (χ1n) is 7.59. The molecule has 0 radical (unpaired) electrons. The third-order valence-electron chi connectivity index (χ3n) is 3.33. The molecule has 1 atom stereocenters. The predicted octanol–water partition coefficient (Wildman–Crippen LogP) is 2.43. The van der Waals surface area contributed by atoms with Gasteiger partial charge in [-0.1, -0.05) is 35.4 Å². The number of carbonyl (C=O) groups excluding carboxylic acids is 1. The SMILES string of the molecule is O=C(c1ccccc1Oc1ccccc1)[NH+]([O-])N=Cc1ccncc1. The van der Waals surface area contributed by atoms with Crippen LogP contribution in [0.3, 0.4) is 0 Å². The summed E-state index contributed by atoms with van der Waals surface area (Å²) in [6, 6.07) is 19.0. The average molecular weight is 333 g/mol. The average Bonchev–Trinajstić information content (AvgIpc) is 2.67. The molecule has 0 saturated carbocycles. The molecule has 1 N–H and O–H groups in total. The number of hydrogen-bond donors (Lipinski definition) is 1. The lowest BCUT2D eigenvalue weighted by atomic mass is 10.2. The van der Waals surface area contributed by atoms with Crippen molar-refractivity contribution in [1.82, 2.24) is 4.98 Å². The maximum absolute atomic E-state index is 12.4. The number of carbonyl (C=O) groups is 1. The van der Waals surface area contributed by atoms with Gasteiger partial charge in [0.1, 0.15) is 17.1 Å². The molecular weight excluding hydrogens is 318 g/mol. The number of ether oxygens (including phenoxy) is 1. The fourth-order valence-corrected chi connectivity index (χ4v) is 2.12. The Labute approximate surface area is 144 Å². The minimum Gasteiger partial charge on any atom is -0.599 e. The standard InChI is InChI=1S/C19H15N3O3/c23-19(22(24)21-14-15-10-12-20-13-11-15)17-8-4-5-9-18(17)25-16-6-2-1-3-7-16/h1-14,22H. The van der Waals surface area contributed by atoms with E-state index in [0.29, 0.717) is 17.1 Å². The van der Waals surface area contributed by atoms with E-state index in [0.717, 1.165) is 0 Å². The lowest BCUT2D eigenvalue weighted by Crippen LogP contribution is -3.05. The zero-order valence-electron chi connectivity index (χ0n) is 13.2. The highest BCUT2D eigenvalue weighted by atomic mass is 16.5. The Kier molecular flexibility index (Phi) is 5.26. The Morgan fingerprint density at radius 2 is 1.68 bits per heavy atom. The molecular formula is C19H15N3O3. The highest BCUT2D eigenvalue weighted by Gasteiger charge is 2.19. The van der Waals surface area contributed by atoms with Crippen molar-refractivity contribution in [3.05, 3.63) is 95.5 Å². The molecule has 25 heavy (non-hydrogen) atoms. The molecule has 6 heteroatoms. The van der Waals surface area contributed by atoms with Crippen molar-refractivity contribution in [3.8, 4) is 11.5 Å². The Balaban J connectivity index is 1.79. The first-order chi connectivity index (χ1) is 12.2. The zero-order chi connectivity index (χ0) is 17.5. The molecule has 0 aliphatic rings. The Bertz CT molecular complexity index is 867. The highest BCUT2D eigenvalue weighted by molar-refractivity contribution is 5.91. The van der Waals surface area contributed by atoms with Crippen LogP contribution in [-0.4, -0.2) is 17.1 Å². The summed E-state index contributed by atoms with van der Waals surface area (Å²) in [6.07, 6.45) is 4.50. The van der Waals surface area contributed by atoms with Crippen LogP contribution in [0.4, 0.5) is 0 Å². The molecule has 1 heterocycles. The molecule has 3 aromatic rings. The second-order valence-corrected chi connectivity index (χ2v) is 5.08.